The molecule has 25 heavy (non-hydrogen) atoms. The van der Waals surface area contributed by atoms with Crippen LogP contribution in [0.15, 0.2) is 36.4 Å². The summed E-state index contributed by atoms with van der Waals surface area (Å²) in [4.78, 5) is 40.0. The molecule has 0 bridgehead atoms. The van der Waals surface area contributed by atoms with E-state index in [2.05, 4.69) is 10.3 Å². The van der Waals surface area contributed by atoms with Crippen molar-refractivity contribution in [2.24, 2.45) is 11.7 Å². The molecule has 1 heterocycles. The number of aromatic nitrogens is 1. The van der Waals surface area contributed by atoms with Gasteiger partial charge in [0.1, 0.15) is 11.7 Å². The summed E-state index contributed by atoms with van der Waals surface area (Å²) < 4.78 is 4.86. The maximum atomic E-state index is 12.4. The quantitative estimate of drug-likeness (QED) is 0.738. The lowest BCUT2D eigenvalue weighted by molar-refractivity contribution is -0.144. The van der Waals surface area contributed by atoms with E-state index in [0.717, 1.165) is 5.39 Å². The predicted octanol–water partition coefficient (Wildman–Crippen LogP) is 1.41. The molecule has 1 aromatic carbocycles. The van der Waals surface area contributed by atoms with E-state index in [9.17, 15) is 14.4 Å². The highest BCUT2D eigenvalue weighted by Crippen LogP contribution is 2.13. The molecule has 0 saturated heterocycles. The van der Waals surface area contributed by atoms with Gasteiger partial charge in [0.05, 0.1) is 18.5 Å². The van der Waals surface area contributed by atoms with Crippen molar-refractivity contribution in [2.45, 2.75) is 26.3 Å². The number of benzene rings is 1. The number of fused-ring (bicyclic) bond motifs is 1. The van der Waals surface area contributed by atoms with E-state index in [1.54, 1.807) is 32.0 Å². The molecule has 1 aromatic heterocycles. The van der Waals surface area contributed by atoms with Gasteiger partial charge in [-0.25, -0.2) is 4.98 Å². The Balaban J connectivity index is 2.13. The zero-order chi connectivity index (χ0) is 18.4. The van der Waals surface area contributed by atoms with Crippen molar-refractivity contribution in [3.8, 4) is 0 Å². The summed E-state index contributed by atoms with van der Waals surface area (Å²) in [7, 11) is 0. The van der Waals surface area contributed by atoms with Crippen molar-refractivity contribution in [1.82, 2.24) is 10.3 Å². The molecule has 0 aliphatic heterocycles. The van der Waals surface area contributed by atoms with E-state index in [1.165, 1.54) is 0 Å². The Bertz CT molecular complexity index is 791. The van der Waals surface area contributed by atoms with Gasteiger partial charge in [-0.3, -0.25) is 14.4 Å². The number of esters is 1. The average Bonchev–Trinajstić information content (AvgIpc) is 2.58. The second kappa shape index (κ2) is 8.23. The number of carbonyl (C=O) groups is 3. The minimum atomic E-state index is -0.995. The summed E-state index contributed by atoms with van der Waals surface area (Å²) in [6.07, 6.45) is -0.0210. The number of hydrogen-bond donors (Lipinski definition) is 2. The van der Waals surface area contributed by atoms with Crippen LogP contribution in [-0.2, 0) is 14.3 Å². The van der Waals surface area contributed by atoms with Crippen LogP contribution in [0.4, 0.5) is 0 Å². The van der Waals surface area contributed by atoms with Crippen molar-refractivity contribution in [2.75, 3.05) is 6.61 Å². The summed E-state index contributed by atoms with van der Waals surface area (Å²) >= 11 is 0. The summed E-state index contributed by atoms with van der Waals surface area (Å²) in [5.74, 6) is -2.18. The Morgan fingerprint density at radius 2 is 1.92 bits per heavy atom. The van der Waals surface area contributed by atoms with Crippen LogP contribution in [0.5, 0.6) is 0 Å². The van der Waals surface area contributed by atoms with Crippen LogP contribution < -0.4 is 11.1 Å². The van der Waals surface area contributed by atoms with Crippen LogP contribution in [0.1, 0.15) is 30.8 Å². The van der Waals surface area contributed by atoms with E-state index in [4.69, 9.17) is 10.5 Å². The molecule has 0 unspecified atom stereocenters. The van der Waals surface area contributed by atoms with Gasteiger partial charge in [-0.05, 0) is 25.0 Å². The number of amides is 2. The smallest absolute Gasteiger partial charge is 0.306 e. The van der Waals surface area contributed by atoms with Crippen molar-refractivity contribution in [3.63, 3.8) is 0 Å². The zero-order valence-electron chi connectivity index (χ0n) is 14.2. The highest BCUT2D eigenvalue weighted by Gasteiger charge is 2.28. The second-order valence-corrected chi connectivity index (χ2v) is 5.73. The maximum absolute atomic E-state index is 12.4. The summed E-state index contributed by atoms with van der Waals surface area (Å²) in [6, 6.07) is 9.74. The van der Waals surface area contributed by atoms with Crippen LogP contribution >= 0.6 is 0 Å². The van der Waals surface area contributed by atoms with Gasteiger partial charge in [0.25, 0.3) is 5.91 Å². The minimum Gasteiger partial charge on any atom is -0.466 e. The predicted molar refractivity (Wildman–Crippen MR) is 92.6 cm³/mol. The van der Waals surface area contributed by atoms with Crippen molar-refractivity contribution >= 4 is 28.7 Å². The van der Waals surface area contributed by atoms with Crippen LogP contribution in [0.2, 0.25) is 0 Å². The topological polar surface area (TPSA) is 111 Å². The Morgan fingerprint density at radius 1 is 1.20 bits per heavy atom. The molecular weight excluding hydrogens is 322 g/mol. The molecule has 0 aliphatic carbocycles. The highest BCUT2D eigenvalue weighted by molar-refractivity contribution is 5.97. The van der Waals surface area contributed by atoms with Crippen LogP contribution in [0, 0.1) is 5.92 Å². The molecule has 2 aromatic rings. The molecule has 132 valence electrons. The first-order chi connectivity index (χ1) is 11.9. The van der Waals surface area contributed by atoms with Gasteiger partial charge in [-0.15, -0.1) is 0 Å². The van der Waals surface area contributed by atoms with E-state index in [-0.39, 0.29) is 18.7 Å². The normalized spacial score (nSPS) is 13.0. The molecular formula is C18H21N3O4. The Kier molecular flexibility index (Phi) is 6.05. The zero-order valence-corrected chi connectivity index (χ0v) is 14.2. The molecule has 2 amide bonds. The van der Waals surface area contributed by atoms with Crippen LogP contribution in [0.3, 0.4) is 0 Å². The van der Waals surface area contributed by atoms with E-state index >= 15 is 0 Å². The fourth-order valence-corrected chi connectivity index (χ4v) is 2.50. The highest BCUT2D eigenvalue weighted by atomic mass is 16.5. The van der Waals surface area contributed by atoms with E-state index in [0.29, 0.717) is 5.52 Å². The Hall–Kier alpha value is -2.96. The third-order valence-corrected chi connectivity index (χ3v) is 3.79. The molecule has 0 radical (unpaired) electrons. The van der Waals surface area contributed by atoms with Gasteiger partial charge >= 0.3 is 5.97 Å². The number of carbonyl (C=O) groups excluding carboxylic acids is 3. The number of nitrogens with one attached hydrogen (secondary N) is 1. The number of para-hydroxylation sites is 1. The second-order valence-electron chi connectivity index (χ2n) is 5.73. The molecule has 2 rings (SSSR count). The summed E-state index contributed by atoms with van der Waals surface area (Å²) in [5.41, 5.74) is 6.22. The maximum Gasteiger partial charge on any atom is 0.306 e. The lowest BCUT2D eigenvalue weighted by Gasteiger charge is -2.21. The summed E-state index contributed by atoms with van der Waals surface area (Å²) in [6.45, 7) is 3.60. The molecule has 0 spiro atoms. The number of primary amides is 1. The molecule has 0 fully saturated rings. The van der Waals surface area contributed by atoms with Crippen LogP contribution in [-0.4, -0.2) is 35.4 Å². The number of nitrogens with two attached hydrogens (primary N) is 1. The lowest BCUT2D eigenvalue weighted by atomic mass is 9.97. The summed E-state index contributed by atoms with van der Waals surface area (Å²) in [5, 5.41) is 3.46. The largest absolute Gasteiger partial charge is 0.466 e. The van der Waals surface area contributed by atoms with E-state index < -0.39 is 29.7 Å². The van der Waals surface area contributed by atoms with Crippen molar-refractivity contribution in [3.05, 3.63) is 42.1 Å². The third kappa shape index (κ3) is 4.76. The molecule has 7 heteroatoms. The first-order valence-corrected chi connectivity index (χ1v) is 8.04. The van der Waals surface area contributed by atoms with Gasteiger partial charge in [-0.2, -0.15) is 0 Å². The fraction of sp³-hybridized carbons (Fsp3) is 0.333. The molecule has 0 saturated carbocycles. The molecule has 0 aliphatic rings. The minimum absolute atomic E-state index is 0.0210. The van der Waals surface area contributed by atoms with Crippen molar-refractivity contribution in [1.29, 1.82) is 0 Å². The van der Waals surface area contributed by atoms with Crippen LogP contribution in [0.25, 0.3) is 10.9 Å². The van der Waals surface area contributed by atoms with Gasteiger partial charge in [0.2, 0.25) is 5.91 Å². The average molecular weight is 343 g/mol. The fourth-order valence-electron chi connectivity index (χ4n) is 2.50. The number of hydrogen-bond acceptors (Lipinski definition) is 5. The van der Waals surface area contributed by atoms with Gasteiger partial charge < -0.3 is 15.8 Å². The van der Waals surface area contributed by atoms with Gasteiger partial charge in [-0.1, -0.05) is 31.2 Å². The monoisotopic (exact) mass is 343 g/mol. The number of rotatable bonds is 7. The van der Waals surface area contributed by atoms with Crippen molar-refractivity contribution < 1.29 is 19.1 Å². The number of ether oxygens (including phenoxy) is 1. The van der Waals surface area contributed by atoms with Gasteiger partial charge in [0, 0.05) is 5.39 Å². The van der Waals surface area contributed by atoms with Gasteiger partial charge in [0.15, 0.2) is 0 Å². The first kappa shape index (κ1) is 18.4. The lowest BCUT2D eigenvalue weighted by Crippen LogP contribution is -2.49. The molecule has 2 atom stereocenters. The number of pyridine rings is 1. The molecule has 3 N–H and O–H groups in total. The Morgan fingerprint density at radius 3 is 2.60 bits per heavy atom. The SMILES string of the molecule is CCOC(=O)C[C@H](C)[C@@H](NC(=O)c1ccc2ccccc2n1)C(N)=O. The van der Waals surface area contributed by atoms with E-state index in [1.807, 2.05) is 18.2 Å². The standard InChI is InChI=1S/C18H21N3O4/c1-3-25-15(22)10-11(2)16(17(19)23)21-18(24)14-9-8-12-6-4-5-7-13(12)20-14/h4-9,11,16H,3,10H2,1-2H3,(H2,19,23)(H,21,24)/t11-,16+/m0/s1. The number of nitrogens with zero attached hydrogens (tertiary/aromatic N) is 1. The Labute approximate surface area is 145 Å². The molecule has 7 nitrogen and oxygen atoms in total. The third-order valence-electron chi connectivity index (χ3n) is 3.79. The first-order valence-electron chi connectivity index (χ1n) is 8.04.